The van der Waals surface area contributed by atoms with Gasteiger partial charge in [-0.05, 0) is 59.2 Å². The SMILES string of the molecule is Cc1cc(N)ncc1CC(NC(=O)c1ccncc1)n1cc2cc(Cl)ccc2cc1=O. The fraction of sp³-hybridized carbons (Fsp3) is 0.130. The van der Waals surface area contributed by atoms with Gasteiger partial charge >= 0.3 is 0 Å². The fourth-order valence-electron chi connectivity index (χ4n) is 3.44. The zero-order chi connectivity index (χ0) is 22.0. The number of nitrogen functional groups attached to an aromatic ring is 1. The maximum Gasteiger partial charge on any atom is 0.253 e. The average Bonchev–Trinajstić information content (AvgIpc) is 2.75. The van der Waals surface area contributed by atoms with Crippen LogP contribution in [-0.4, -0.2) is 20.4 Å². The number of aryl methyl sites for hydroxylation is 1. The molecule has 31 heavy (non-hydrogen) atoms. The van der Waals surface area contributed by atoms with E-state index in [4.69, 9.17) is 17.3 Å². The van der Waals surface area contributed by atoms with Crippen molar-refractivity contribution in [3.8, 4) is 0 Å². The van der Waals surface area contributed by atoms with E-state index < -0.39 is 6.17 Å². The largest absolute Gasteiger partial charge is 0.384 e. The number of hydrogen-bond donors (Lipinski definition) is 2. The van der Waals surface area contributed by atoms with Gasteiger partial charge in [0.15, 0.2) is 0 Å². The zero-order valence-electron chi connectivity index (χ0n) is 16.7. The van der Waals surface area contributed by atoms with Crippen LogP contribution in [0.5, 0.6) is 0 Å². The number of amides is 1. The average molecular weight is 434 g/mol. The van der Waals surface area contributed by atoms with E-state index in [9.17, 15) is 9.59 Å². The minimum Gasteiger partial charge on any atom is -0.384 e. The van der Waals surface area contributed by atoms with Gasteiger partial charge in [-0.2, -0.15) is 0 Å². The van der Waals surface area contributed by atoms with Crippen molar-refractivity contribution in [2.45, 2.75) is 19.5 Å². The number of carbonyl (C=O) groups excluding carboxylic acids is 1. The number of pyridine rings is 3. The van der Waals surface area contributed by atoms with Crippen molar-refractivity contribution in [1.82, 2.24) is 19.9 Å². The second-order valence-corrected chi connectivity index (χ2v) is 7.69. The van der Waals surface area contributed by atoms with Crippen LogP contribution in [0.15, 0.2) is 72.0 Å². The van der Waals surface area contributed by atoms with Gasteiger partial charge in [-0.25, -0.2) is 4.98 Å². The summed E-state index contributed by atoms with van der Waals surface area (Å²) in [4.78, 5) is 33.9. The quantitative estimate of drug-likeness (QED) is 0.501. The molecule has 0 bridgehead atoms. The number of rotatable bonds is 5. The summed E-state index contributed by atoms with van der Waals surface area (Å²) in [6.07, 6.45) is 6.16. The normalized spacial score (nSPS) is 11.9. The fourth-order valence-corrected chi connectivity index (χ4v) is 3.62. The molecule has 156 valence electrons. The van der Waals surface area contributed by atoms with Crippen LogP contribution in [0, 0.1) is 6.92 Å². The molecule has 1 amide bonds. The number of nitrogens with zero attached hydrogens (tertiary/aromatic N) is 3. The van der Waals surface area contributed by atoms with Crippen LogP contribution < -0.4 is 16.6 Å². The van der Waals surface area contributed by atoms with Gasteiger partial charge in [-0.3, -0.25) is 19.1 Å². The number of halogens is 1. The van der Waals surface area contributed by atoms with Crippen molar-refractivity contribution < 1.29 is 4.79 Å². The van der Waals surface area contributed by atoms with E-state index in [0.29, 0.717) is 22.8 Å². The third kappa shape index (κ3) is 4.57. The monoisotopic (exact) mass is 433 g/mol. The molecule has 3 heterocycles. The standard InChI is InChI=1S/C23H20ClN5O2/c1-14-8-20(25)27-12-17(14)10-21(28-23(31)15-4-6-26-7-5-15)29-13-18-9-19(24)3-2-16(18)11-22(29)30/h2-9,11-13,21H,10H2,1H3,(H2,25,27)(H,28,31). The number of fused-ring (bicyclic) bond motifs is 1. The highest BCUT2D eigenvalue weighted by Gasteiger charge is 2.19. The molecule has 1 atom stereocenters. The summed E-state index contributed by atoms with van der Waals surface area (Å²) < 4.78 is 1.51. The molecule has 7 nitrogen and oxygen atoms in total. The van der Waals surface area contributed by atoms with E-state index in [1.54, 1.807) is 61.2 Å². The molecule has 0 fully saturated rings. The number of nitrogens with two attached hydrogens (primary N) is 1. The first-order valence-corrected chi connectivity index (χ1v) is 10.0. The second kappa shape index (κ2) is 8.57. The molecule has 0 aliphatic heterocycles. The lowest BCUT2D eigenvalue weighted by Gasteiger charge is -2.23. The lowest BCUT2D eigenvalue weighted by atomic mass is 10.1. The van der Waals surface area contributed by atoms with Gasteiger partial charge in [-0.15, -0.1) is 0 Å². The van der Waals surface area contributed by atoms with Gasteiger partial charge in [0.05, 0.1) is 0 Å². The Labute approximate surface area is 183 Å². The van der Waals surface area contributed by atoms with Crippen LogP contribution >= 0.6 is 11.6 Å². The first-order chi connectivity index (χ1) is 14.9. The molecule has 1 aromatic carbocycles. The van der Waals surface area contributed by atoms with Crippen molar-refractivity contribution in [2.75, 3.05) is 5.73 Å². The summed E-state index contributed by atoms with van der Waals surface area (Å²) >= 11 is 6.14. The topological polar surface area (TPSA) is 103 Å². The molecule has 0 radical (unpaired) electrons. The molecular weight excluding hydrogens is 414 g/mol. The van der Waals surface area contributed by atoms with E-state index >= 15 is 0 Å². The molecule has 3 N–H and O–H groups in total. The van der Waals surface area contributed by atoms with Gasteiger partial charge in [0.1, 0.15) is 12.0 Å². The van der Waals surface area contributed by atoms with E-state index in [0.717, 1.165) is 21.9 Å². The van der Waals surface area contributed by atoms with E-state index in [2.05, 4.69) is 15.3 Å². The van der Waals surface area contributed by atoms with Gasteiger partial charge in [-0.1, -0.05) is 17.7 Å². The minimum atomic E-state index is -0.652. The van der Waals surface area contributed by atoms with Crippen molar-refractivity contribution in [2.24, 2.45) is 0 Å². The number of aromatic nitrogens is 3. The number of anilines is 1. The maximum absolute atomic E-state index is 12.9. The third-order valence-electron chi connectivity index (χ3n) is 5.09. The Kier molecular flexibility index (Phi) is 5.68. The molecule has 1 unspecified atom stereocenters. The highest BCUT2D eigenvalue weighted by Crippen LogP contribution is 2.21. The van der Waals surface area contributed by atoms with Gasteiger partial charge < -0.3 is 11.1 Å². The highest BCUT2D eigenvalue weighted by molar-refractivity contribution is 6.31. The Morgan fingerprint density at radius 1 is 1.16 bits per heavy atom. The molecule has 0 aliphatic carbocycles. The Morgan fingerprint density at radius 3 is 2.68 bits per heavy atom. The molecule has 0 saturated carbocycles. The molecular formula is C23H20ClN5O2. The Morgan fingerprint density at radius 2 is 1.94 bits per heavy atom. The predicted octanol–water partition coefficient (Wildman–Crippen LogP) is 3.51. The molecule has 0 aliphatic rings. The van der Waals surface area contributed by atoms with E-state index in [-0.39, 0.29) is 11.5 Å². The van der Waals surface area contributed by atoms with Crippen molar-refractivity contribution >= 4 is 34.1 Å². The zero-order valence-corrected chi connectivity index (χ0v) is 17.5. The number of benzene rings is 1. The van der Waals surface area contributed by atoms with Crippen LogP contribution in [0.25, 0.3) is 10.8 Å². The van der Waals surface area contributed by atoms with Gasteiger partial charge in [0.25, 0.3) is 11.5 Å². The predicted molar refractivity (Wildman–Crippen MR) is 121 cm³/mol. The lowest BCUT2D eigenvalue weighted by molar-refractivity contribution is 0.0918. The summed E-state index contributed by atoms with van der Waals surface area (Å²) in [5.74, 6) is 0.0997. The van der Waals surface area contributed by atoms with Crippen molar-refractivity contribution in [3.63, 3.8) is 0 Å². The van der Waals surface area contributed by atoms with Crippen LogP contribution in [0.3, 0.4) is 0 Å². The summed E-state index contributed by atoms with van der Waals surface area (Å²) in [5.41, 5.74) is 7.77. The smallest absolute Gasteiger partial charge is 0.253 e. The molecule has 4 aromatic rings. The Bertz CT molecular complexity index is 1320. The maximum atomic E-state index is 12.9. The van der Waals surface area contributed by atoms with E-state index in [1.165, 1.54) is 10.6 Å². The first kappa shape index (κ1) is 20.6. The van der Waals surface area contributed by atoms with Crippen LogP contribution in [-0.2, 0) is 6.42 Å². The van der Waals surface area contributed by atoms with Crippen molar-refractivity contribution in [3.05, 3.63) is 99.3 Å². The van der Waals surface area contributed by atoms with Crippen LogP contribution in [0.4, 0.5) is 5.82 Å². The van der Waals surface area contributed by atoms with Crippen LogP contribution in [0.2, 0.25) is 5.02 Å². The number of nitrogens with one attached hydrogen (secondary N) is 1. The number of carbonyl (C=O) groups is 1. The first-order valence-electron chi connectivity index (χ1n) is 9.64. The molecule has 4 rings (SSSR count). The molecule has 0 saturated heterocycles. The second-order valence-electron chi connectivity index (χ2n) is 7.26. The highest BCUT2D eigenvalue weighted by atomic mass is 35.5. The van der Waals surface area contributed by atoms with Crippen LogP contribution in [0.1, 0.15) is 27.7 Å². The lowest BCUT2D eigenvalue weighted by Crippen LogP contribution is -2.38. The number of hydrogen-bond acceptors (Lipinski definition) is 5. The van der Waals surface area contributed by atoms with Gasteiger partial charge in [0, 0.05) is 47.9 Å². The molecule has 3 aromatic heterocycles. The summed E-state index contributed by atoms with van der Waals surface area (Å²) in [6, 6.07) is 11.8. The van der Waals surface area contributed by atoms with E-state index in [1.807, 2.05) is 6.92 Å². The summed E-state index contributed by atoms with van der Waals surface area (Å²) in [7, 11) is 0. The molecule has 8 heteroatoms. The summed E-state index contributed by atoms with van der Waals surface area (Å²) in [5, 5.41) is 5.10. The van der Waals surface area contributed by atoms with Crippen molar-refractivity contribution in [1.29, 1.82) is 0 Å². The van der Waals surface area contributed by atoms with Gasteiger partial charge in [0.2, 0.25) is 0 Å². The Balaban J connectivity index is 1.77. The molecule has 0 spiro atoms. The minimum absolute atomic E-state index is 0.240. The Hall–Kier alpha value is -3.71. The summed E-state index contributed by atoms with van der Waals surface area (Å²) in [6.45, 7) is 1.91. The third-order valence-corrected chi connectivity index (χ3v) is 5.33.